The molecule has 2 nitrogen and oxygen atoms in total. The molecule has 0 unspecified atom stereocenters. The van der Waals surface area contributed by atoms with E-state index in [0.29, 0.717) is 13.2 Å². The summed E-state index contributed by atoms with van der Waals surface area (Å²) in [6.07, 6.45) is -0.315. The summed E-state index contributed by atoms with van der Waals surface area (Å²) in [5.41, 5.74) is 0. The van der Waals surface area contributed by atoms with Gasteiger partial charge in [-0.3, -0.25) is 0 Å². The summed E-state index contributed by atoms with van der Waals surface area (Å²) in [4.78, 5) is 1.19. The molecule has 0 radical (unpaired) electrons. The standard InChI is InChI=1S/C10H12O2S/c11-9-6-12-7-10(9)13-8-4-2-1-3-5-8/h1-5,9-11H,6-7H2/t9-,10-/m1/s1. The molecule has 0 aromatic heterocycles. The van der Waals surface area contributed by atoms with E-state index in [2.05, 4.69) is 12.1 Å². The topological polar surface area (TPSA) is 29.5 Å². The van der Waals surface area contributed by atoms with Gasteiger partial charge in [0.15, 0.2) is 0 Å². The Morgan fingerprint density at radius 2 is 2.00 bits per heavy atom. The van der Waals surface area contributed by atoms with Crippen molar-refractivity contribution < 1.29 is 9.84 Å². The number of aliphatic hydroxyl groups excluding tert-OH is 1. The summed E-state index contributed by atoms with van der Waals surface area (Å²) < 4.78 is 5.17. The molecule has 13 heavy (non-hydrogen) atoms. The van der Waals surface area contributed by atoms with Crippen molar-refractivity contribution in [2.24, 2.45) is 0 Å². The van der Waals surface area contributed by atoms with E-state index in [1.165, 1.54) is 4.90 Å². The molecule has 1 heterocycles. The van der Waals surface area contributed by atoms with E-state index in [9.17, 15) is 5.11 Å². The maximum absolute atomic E-state index is 9.50. The summed E-state index contributed by atoms with van der Waals surface area (Å²) >= 11 is 1.68. The molecular formula is C10H12O2S. The first-order valence-corrected chi connectivity index (χ1v) is 5.22. The van der Waals surface area contributed by atoms with Crippen molar-refractivity contribution in [2.45, 2.75) is 16.2 Å². The van der Waals surface area contributed by atoms with Crippen LogP contribution in [0.15, 0.2) is 35.2 Å². The average Bonchev–Trinajstić information content (AvgIpc) is 2.54. The summed E-state index contributed by atoms with van der Waals surface area (Å²) in [6, 6.07) is 10.1. The van der Waals surface area contributed by atoms with E-state index in [0.717, 1.165) is 0 Å². The van der Waals surface area contributed by atoms with Crippen molar-refractivity contribution in [3.8, 4) is 0 Å². The van der Waals surface area contributed by atoms with E-state index >= 15 is 0 Å². The molecule has 2 rings (SSSR count). The van der Waals surface area contributed by atoms with E-state index in [-0.39, 0.29) is 11.4 Å². The van der Waals surface area contributed by atoms with Crippen LogP contribution in [0.1, 0.15) is 0 Å². The van der Waals surface area contributed by atoms with Gasteiger partial charge < -0.3 is 9.84 Å². The molecule has 1 aromatic rings. The first-order chi connectivity index (χ1) is 6.36. The van der Waals surface area contributed by atoms with Crippen LogP contribution in [0.2, 0.25) is 0 Å². The maximum atomic E-state index is 9.50. The lowest BCUT2D eigenvalue weighted by molar-refractivity contribution is 0.127. The van der Waals surface area contributed by atoms with E-state index < -0.39 is 0 Å². The highest BCUT2D eigenvalue weighted by Crippen LogP contribution is 2.28. The van der Waals surface area contributed by atoms with Gasteiger partial charge in [-0.1, -0.05) is 18.2 Å². The van der Waals surface area contributed by atoms with E-state index in [4.69, 9.17) is 4.74 Å². The van der Waals surface area contributed by atoms with Gasteiger partial charge in [-0.15, -0.1) is 11.8 Å². The Labute approximate surface area is 81.9 Å². The van der Waals surface area contributed by atoms with Gasteiger partial charge in [0, 0.05) is 4.90 Å². The number of aliphatic hydroxyl groups is 1. The number of ether oxygens (including phenoxy) is 1. The molecule has 0 saturated carbocycles. The zero-order valence-corrected chi connectivity index (χ0v) is 8.04. The largest absolute Gasteiger partial charge is 0.389 e. The monoisotopic (exact) mass is 196 g/mol. The SMILES string of the molecule is O[C@@H]1COC[C@H]1Sc1ccccc1. The van der Waals surface area contributed by atoms with Crippen LogP contribution < -0.4 is 0 Å². The van der Waals surface area contributed by atoms with Gasteiger partial charge in [-0.2, -0.15) is 0 Å². The maximum Gasteiger partial charge on any atom is 0.0917 e. The fourth-order valence-corrected chi connectivity index (χ4v) is 2.37. The quantitative estimate of drug-likeness (QED) is 0.778. The van der Waals surface area contributed by atoms with Crippen LogP contribution in [0.3, 0.4) is 0 Å². The number of benzene rings is 1. The van der Waals surface area contributed by atoms with Crippen LogP contribution in [-0.2, 0) is 4.74 Å². The Hall–Kier alpha value is -0.510. The molecule has 1 saturated heterocycles. The van der Waals surface area contributed by atoms with Gasteiger partial charge in [-0.05, 0) is 12.1 Å². The number of rotatable bonds is 2. The molecule has 0 bridgehead atoms. The fourth-order valence-electron chi connectivity index (χ4n) is 1.31. The first kappa shape index (κ1) is 9.06. The van der Waals surface area contributed by atoms with Crippen LogP contribution in [-0.4, -0.2) is 29.7 Å². The summed E-state index contributed by atoms with van der Waals surface area (Å²) in [5.74, 6) is 0. The zero-order valence-electron chi connectivity index (χ0n) is 7.22. The number of hydrogen-bond acceptors (Lipinski definition) is 3. The number of hydrogen-bond donors (Lipinski definition) is 1. The highest BCUT2D eigenvalue weighted by atomic mass is 32.2. The Kier molecular flexibility index (Phi) is 2.88. The Morgan fingerprint density at radius 1 is 1.23 bits per heavy atom. The summed E-state index contributed by atoms with van der Waals surface area (Å²) in [6.45, 7) is 1.13. The third-order valence-electron chi connectivity index (χ3n) is 2.03. The Balaban J connectivity index is 1.98. The fraction of sp³-hybridized carbons (Fsp3) is 0.400. The zero-order chi connectivity index (χ0) is 9.10. The first-order valence-electron chi connectivity index (χ1n) is 4.34. The molecule has 3 heteroatoms. The van der Waals surface area contributed by atoms with Crippen LogP contribution in [0.4, 0.5) is 0 Å². The van der Waals surface area contributed by atoms with Crippen molar-refractivity contribution in [1.29, 1.82) is 0 Å². The van der Waals surface area contributed by atoms with Crippen molar-refractivity contribution in [1.82, 2.24) is 0 Å². The van der Waals surface area contributed by atoms with Crippen molar-refractivity contribution >= 4 is 11.8 Å². The molecular weight excluding hydrogens is 184 g/mol. The van der Waals surface area contributed by atoms with E-state index in [1.54, 1.807) is 11.8 Å². The van der Waals surface area contributed by atoms with Gasteiger partial charge in [-0.25, -0.2) is 0 Å². The number of thioether (sulfide) groups is 1. The van der Waals surface area contributed by atoms with E-state index in [1.807, 2.05) is 18.2 Å². The second-order valence-electron chi connectivity index (χ2n) is 3.07. The highest BCUT2D eigenvalue weighted by molar-refractivity contribution is 8.00. The molecule has 0 amide bonds. The third kappa shape index (κ3) is 2.24. The predicted molar refractivity (Wildman–Crippen MR) is 52.9 cm³/mol. The van der Waals surface area contributed by atoms with Gasteiger partial charge in [0.25, 0.3) is 0 Å². The molecule has 1 aromatic carbocycles. The van der Waals surface area contributed by atoms with Gasteiger partial charge in [0.2, 0.25) is 0 Å². The van der Waals surface area contributed by atoms with Gasteiger partial charge in [0.05, 0.1) is 24.6 Å². The minimum atomic E-state index is -0.315. The summed E-state index contributed by atoms with van der Waals surface area (Å²) in [7, 11) is 0. The second kappa shape index (κ2) is 4.13. The predicted octanol–water partition coefficient (Wildman–Crippen LogP) is 1.54. The lowest BCUT2D eigenvalue weighted by Gasteiger charge is -2.10. The molecule has 1 fully saturated rings. The molecule has 2 atom stereocenters. The molecule has 0 spiro atoms. The molecule has 1 aliphatic rings. The smallest absolute Gasteiger partial charge is 0.0917 e. The minimum Gasteiger partial charge on any atom is -0.389 e. The lowest BCUT2D eigenvalue weighted by Crippen LogP contribution is -2.19. The molecule has 1 N–H and O–H groups in total. The van der Waals surface area contributed by atoms with Gasteiger partial charge >= 0.3 is 0 Å². The van der Waals surface area contributed by atoms with Crippen molar-refractivity contribution in [3.05, 3.63) is 30.3 Å². The third-order valence-corrected chi connectivity index (χ3v) is 3.33. The van der Waals surface area contributed by atoms with Crippen molar-refractivity contribution in [3.63, 3.8) is 0 Å². The Morgan fingerprint density at radius 3 is 2.62 bits per heavy atom. The summed E-state index contributed by atoms with van der Waals surface area (Å²) in [5, 5.41) is 9.70. The van der Waals surface area contributed by atoms with Crippen LogP contribution in [0.5, 0.6) is 0 Å². The van der Waals surface area contributed by atoms with Crippen LogP contribution in [0, 0.1) is 0 Å². The molecule has 1 aliphatic heterocycles. The second-order valence-corrected chi connectivity index (χ2v) is 4.39. The highest BCUT2D eigenvalue weighted by Gasteiger charge is 2.26. The average molecular weight is 196 g/mol. The van der Waals surface area contributed by atoms with Crippen LogP contribution >= 0.6 is 11.8 Å². The van der Waals surface area contributed by atoms with Crippen LogP contribution in [0.25, 0.3) is 0 Å². The Bertz CT molecular complexity index is 263. The molecule has 0 aliphatic carbocycles. The van der Waals surface area contributed by atoms with Crippen molar-refractivity contribution in [2.75, 3.05) is 13.2 Å². The molecule has 70 valence electrons. The lowest BCUT2D eigenvalue weighted by atomic mass is 10.3. The van der Waals surface area contributed by atoms with Gasteiger partial charge in [0.1, 0.15) is 0 Å². The minimum absolute atomic E-state index is 0.197. The normalized spacial score (nSPS) is 27.8.